The summed E-state index contributed by atoms with van der Waals surface area (Å²) >= 11 is 0. The zero-order valence-corrected chi connectivity index (χ0v) is 8.99. The lowest BCUT2D eigenvalue weighted by Gasteiger charge is -2.36. The van der Waals surface area contributed by atoms with Gasteiger partial charge < -0.3 is 9.74 Å². The van der Waals surface area contributed by atoms with Crippen LogP contribution in [0.15, 0.2) is 0 Å². The Labute approximate surface area is 81.2 Å². The molecule has 0 spiro atoms. The van der Waals surface area contributed by atoms with Crippen molar-refractivity contribution in [3.8, 4) is 0 Å². The molecule has 0 aromatic carbocycles. The van der Waals surface area contributed by atoms with Crippen LogP contribution in [0, 0.1) is 5.92 Å². The number of likely N-dealkylation sites (tertiary alicyclic amines) is 1. The van der Waals surface area contributed by atoms with E-state index in [-0.39, 0.29) is 6.10 Å². The Balaban J connectivity index is 2.30. The summed E-state index contributed by atoms with van der Waals surface area (Å²) in [5, 5.41) is 0. The van der Waals surface area contributed by atoms with Crippen LogP contribution < -0.4 is 5.90 Å². The van der Waals surface area contributed by atoms with Crippen LogP contribution in [-0.2, 0) is 4.84 Å². The highest BCUT2D eigenvalue weighted by molar-refractivity contribution is 4.77. The Morgan fingerprint density at radius 3 is 2.15 bits per heavy atom. The van der Waals surface area contributed by atoms with Crippen LogP contribution in [-0.4, -0.2) is 30.1 Å². The van der Waals surface area contributed by atoms with E-state index in [0.717, 1.165) is 0 Å². The maximum Gasteiger partial charge on any atom is 0.0788 e. The SMILES string of the molecule is CC(ON)C1CCN(C(C)C)CC1. The van der Waals surface area contributed by atoms with Crippen molar-refractivity contribution in [1.82, 2.24) is 4.90 Å². The molecular formula is C10H22N2O. The van der Waals surface area contributed by atoms with Gasteiger partial charge >= 0.3 is 0 Å². The smallest absolute Gasteiger partial charge is 0.0788 e. The van der Waals surface area contributed by atoms with Crippen molar-refractivity contribution in [2.75, 3.05) is 13.1 Å². The molecule has 3 nitrogen and oxygen atoms in total. The lowest BCUT2D eigenvalue weighted by molar-refractivity contribution is -0.00276. The Kier molecular flexibility index (Phi) is 4.16. The minimum atomic E-state index is 0.217. The van der Waals surface area contributed by atoms with Gasteiger partial charge in [-0.3, -0.25) is 0 Å². The van der Waals surface area contributed by atoms with Crippen LogP contribution in [0.5, 0.6) is 0 Å². The third-order valence-corrected chi connectivity index (χ3v) is 3.18. The molecular weight excluding hydrogens is 164 g/mol. The standard InChI is InChI=1S/C10H22N2O/c1-8(2)12-6-4-10(5-7-12)9(3)13-11/h8-10H,4-7,11H2,1-3H3. The predicted octanol–water partition coefficient (Wildman–Crippen LogP) is 1.39. The first-order valence-electron chi connectivity index (χ1n) is 5.24. The van der Waals surface area contributed by atoms with Crippen molar-refractivity contribution >= 4 is 0 Å². The molecule has 1 fully saturated rings. The minimum Gasteiger partial charge on any atom is -0.301 e. The van der Waals surface area contributed by atoms with E-state index in [0.29, 0.717) is 12.0 Å². The van der Waals surface area contributed by atoms with Gasteiger partial charge in [0.1, 0.15) is 0 Å². The van der Waals surface area contributed by atoms with Gasteiger partial charge in [0.15, 0.2) is 0 Å². The molecule has 0 saturated carbocycles. The first-order chi connectivity index (χ1) is 6.15. The van der Waals surface area contributed by atoms with Gasteiger partial charge in [-0.05, 0) is 52.6 Å². The van der Waals surface area contributed by atoms with Crippen LogP contribution in [0.1, 0.15) is 33.6 Å². The monoisotopic (exact) mass is 186 g/mol. The van der Waals surface area contributed by atoms with Crippen LogP contribution >= 0.6 is 0 Å². The van der Waals surface area contributed by atoms with E-state index in [9.17, 15) is 0 Å². The van der Waals surface area contributed by atoms with E-state index in [2.05, 4.69) is 25.7 Å². The van der Waals surface area contributed by atoms with Gasteiger partial charge in [-0.25, -0.2) is 5.90 Å². The number of hydrogen-bond donors (Lipinski definition) is 1. The normalized spacial score (nSPS) is 23.8. The van der Waals surface area contributed by atoms with Gasteiger partial charge in [0.05, 0.1) is 6.10 Å². The first kappa shape index (κ1) is 11.0. The molecule has 2 N–H and O–H groups in total. The average Bonchev–Trinajstić information content (AvgIpc) is 2.17. The first-order valence-corrected chi connectivity index (χ1v) is 5.24. The van der Waals surface area contributed by atoms with Gasteiger partial charge in [0.25, 0.3) is 0 Å². The molecule has 13 heavy (non-hydrogen) atoms. The molecule has 3 heteroatoms. The van der Waals surface area contributed by atoms with E-state index in [1.165, 1.54) is 25.9 Å². The quantitative estimate of drug-likeness (QED) is 0.677. The molecule has 1 heterocycles. The molecule has 1 atom stereocenters. The summed E-state index contributed by atoms with van der Waals surface area (Å²) in [6.07, 6.45) is 2.65. The summed E-state index contributed by atoms with van der Waals surface area (Å²) < 4.78 is 0. The summed E-state index contributed by atoms with van der Waals surface area (Å²) in [5.41, 5.74) is 0. The Bertz CT molecular complexity index is 142. The molecule has 1 aliphatic heterocycles. The zero-order chi connectivity index (χ0) is 9.84. The summed E-state index contributed by atoms with van der Waals surface area (Å²) in [5.74, 6) is 5.84. The highest BCUT2D eigenvalue weighted by atomic mass is 16.6. The predicted molar refractivity (Wildman–Crippen MR) is 54.2 cm³/mol. The zero-order valence-electron chi connectivity index (χ0n) is 8.99. The Hall–Kier alpha value is -0.120. The molecule has 78 valence electrons. The lowest BCUT2D eigenvalue weighted by Crippen LogP contribution is -2.41. The van der Waals surface area contributed by atoms with Crippen molar-refractivity contribution < 1.29 is 4.84 Å². The van der Waals surface area contributed by atoms with Crippen molar-refractivity contribution in [3.63, 3.8) is 0 Å². The molecule has 1 unspecified atom stereocenters. The third-order valence-electron chi connectivity index (χ3n) is 3.18. The molecule has 0 bridgehead atoms. The molecule has 0 aromatic rings. The number of nitrogens with zero attached hydrogens (tertiary/aromatic N) is 1. The average molecular weight is 186 g/mol. The molecule has 0 radical (unpaired) electrons. The topological polar surface area (TPSA) is 38.5 Å². The number of rotatable bonds is 3. The van der Waals surface area contributed by atoms with Gasteiger partial charge in [0.2, 0.25) is 0 Å². The van der Waals surface area contributed by atoms with Gasteiger partial charge in [-0.1, -0.05) is 0 Å². The Morgan fingerprint density at radius 1 is 1.23 bits per heavy atom. The molecule has 1 aliphatic rings. The van der Waals surface area contributed by atoms with Crippen LogP contribution in [0.4, 0.5) is 0 Å². The number of hydrogen-bond acceptors (Lipinski definition) is 3. The van der Waals surface area contributed by atoms with Crippen LogP contribution in [0.25, 0.3) is 0 Å². The van der Waals surface area contributed by atoms with E-state index < -0.39 is 0 Å². The summed E-state index contributed by atoms with van der Waals surface area (Å²) in [4.78, 5) is 7.38. The molecule has 0 aromatic heterocycles. The fourth-order valence-electron chi connectivity index (χ4n) is 2.02. The minimum absolute atomic E-state index is 0.217. The number of nitrogens with two attached hydrogens (primary N) is 1. The van der Waals surface area contributed by atoms with Crippen molar-refractivity contribution in [2.45, 2.75) is 45.8 Å². The fraction of sp³-hybridized carbons (Fsp3) is 1.00. The summed E-state index contributed by atoms with van der Waals surface area (Å²) in [6.45, 7) is 8.95. The highest BCUT2D eigenvalue weighted by Crippen LogP contribution is 2.22. The van der Waals surface area contributed by atoms with E-state index in [1.807, 2.05) is 0 Å². The molecule has 0 aliphatic carbocycles. The largest absolute Gasteiger partial charge is 0.301 e. The second-order valence-corrected chi connectivity index (χ2v) is 4.31. The van der Waals surface area contributed by atoms with Crippen molar-refractivity contribution in [3.05, 3.63) is 0 Å². The van der Waals surface area contributed by atoms with E-state index >= 15 is 0 Å². The van der Waals surface area contributed by atoms with Crippen LogP contribution in [0.2, 0.25) is 0 Å². The third kappa shape index (κ3) is 2.93. The van der Waals surface area contributed by atoms with Crippen molar-refractivity contribution in [2.24, 2.45) is 11.8 Å². The summed E-state index contributed by atoms with van der Waals surface area (Å²) in [6, 6.07) is 0.676. The highest BCUT2D eigenvalue weighted by Gasteiger charge is 2.24. The number of piperidine rings is 1. The fourth-order valence-corrected chi connectivity index (χ4v) is 2.02. The Morgan fingerprint density at radius 2 is 1.77 bits per heavy atom. The second kappa shape index (κ2) is 4.94. The van der Waals surface area contributed by atoms with Gasteiger partial charge in [-0.15, -0.1) is 0 Å². The molecule has 0 amide bonds. The van der Waals surface area contributed by atoms with Crippen molar-refractivity contribution in [1.29, 1.82) is 0 Å². The van der Waals surface area contributed by atoms with E-state index in [1.54, 1.807) is 0 Å². The molecule has 1 rings (SSSR count). The molecule has 1 saturated heterocycles. The maximum atomic E-state index is 5.18. The lowest BCUT2D eigenvalue weighted by atomic mass is 9.91. The van der Waals surface area contributed by atoms with Gasteiger partial charge in [0, 0.05) is 6.04 Å². The summed E-state index contributed by atoms with van der Waals surface area (Å²) in [7, 11) is 0. The van der Waals surface area contributed by atoms with E-state index in [4.69, 9.17) is 10.7 Å². The van der Waals surface area contributed by atoms with Crippen LogP contribution in [0.3, 0.4) is 0 Å². The van der Waals surface area contributed by atoms with Gasteiger partial charge in [-0.2, -0.15) is 0 Å². The second-order valence-electron chi connectivity index (χ2n) is 4.31. The maximum absolute atomic E-state index is 5.18.